The van der Waals surface area contributed by atoms with Crippen molar-refractivity contribution >= 4 is 40.7 Å². The molecule has 3 aromatic rings. The lowest BCUT2D eigenvalue weighted by molar-refractivity contribution is -0.129. The van der Waals surface area contributed by atoms with E-state index in [4.69, 9.17) is 10.5 Å². The molecule has 0 aromatic heterocycles. The highest BCUT2D eigenvalue weighted by molar-refractivity contribution is 5.89. The molecule has 0 saturated carbocycles. The third-order valence-corrected chi connectivity index (χ3v) is 7.11. The zero-order chi connectivity index (χ0) is 30.9. The predicted molar refractivity (Wildman–Crippen MR) is 165 cm³/mol. The molecule has 0 spiro atoms. The molecule has 3 aromatic carbocycles. The van der Waals surface area contributed by atoms with Crippen LogP contribution in [0.3, 0.4) is 0 Å². The van der Waals surface area contributed by atoms with E-state index in [-0.39, 0.29) is 31.5 Å². The summed E-state index contributed by atoms with van der Waals surface area (Å²) in [5, 5.41) is 7.51. The molecule has 0 fully saturated rings. The average molecular weight is 586 g/mol. The van der Waals surface area contributed by atoms with Crippen molar-refractivity contribution in [1.82, 2.24) is 15.5 Å². The number of carbonyl (C=O) groups excluding carboxylic acids is 4. The zero-order valence-corrected chi connectivity index (χ0v) is 24.7. The number of amides is 3. The van der Waals surface area contributed by atoms with Gasteiger partial charge in [-0.05, 0) is 47.7 Å². The number of aldehydes is 1. The van der Waals surface area contributed by atoms with Gasteiger partial charge in [-0.2, -0.15) is 0 Å². The van der Waals surface area contributed by atoms with Crippen LogP contribution in [0.2, 0.25) is 0 Å². The molecule has 0 saturated heterocycles. The molecule has 0 aliphatic carbocycles. The number of rotatable bonds is 12. The number of nitrogens with one attached hydrogen (secondary N) is 2. The third kappa shape index (κ3) is 8.42. The number of fused-ring (bicyclic) bond motifs is 1. The van der Waals surface area contributed by atoms with Gasteiger partial charge in [-0.15, -0.1) is 0 Å². The van der Waals surface area contributed by atoms with E-state index in [0.29, 0.717) is 18.4 Å². The molecule has 4 N–H and O–H groups in total. The smallest absolute Gasteiger partial charge is 0.408 e. The second kappa shape index (κ2) is 14.5. The molecule has 0 unspecified atom stereocenters. The first-order valence-corrected chi connectivity index (χ1v) is 14.4. The van der Waals surface area contributed by atoms with Crippen LogP contribution in [0.1, 0.15) is 39.2 Å². The number of anilines is 1. The summed E-state index contributed by atoms with van der Waals surface area (Å²) in [6.07, 6.45) is 2.04. The second-order valence-electron chi connectivity index (χ2n) is 11.2. The largest absolute Gasteiger partial charge is 0.445 e. The Morgan fingerprint density at radius 1 is 0.953 bits per heavy atom. The minimum absolute atomic E-state index is 0.0217. The Morgan fingerprint density at radius 2 is 1.65 bits per heavy atom. The van der Waals surface area contributed by atoms with Gasteiger partial charge in [0.25, 0.3) is 0 Å². The highest BCUT2D eigenvalue weighted by Gasteiger charge is 2.33. The Hall–Kier alpha value is -4.70. The zero-order valence-electron chi connectivity index (χ0n) is 24.7. The number of alkyl carbamates (subject to hydrolysis) is 1. The van der Waals surface area contributed by atoms with Crippen LogP contribution in [0.15, 0.2) is 84.7 Å². The molecule has 3 amide bonds. The summed E-state index contributed by atoms with van der Waals surface area (Å²) in [5.74, 6) is -0.655. The fourth-order valence-electron chi connectivity index (χ4n) is 4.95. The van der Waals surface area contributed by atoms with Crippen LogP contribution in [-0.4, -0.2) is 53.9 Å². The van der Waals surface area contributed by atoms with E-state index in [9.17, 15) is 19.2 Å². The molecule has 10 nitrogen and oxygen atoms in total. The van der Waals surface area contributed by atoms with Crippen molar-refractivity contribution < 1.29 is 23.9 Å². The van der Waals surface area contributed by atoms with Crippen LogP contribution in [0.4, 0.5) is 10.5 Å². The summed E-state index contributed by atoms with van der Waals surface area (Å²) in [4.78, 5) is 54.5. The van der Waals surface area contributed by atoms with E-state index < -0.39 is 30.1 Å². The van der Waals surface area contributed by atoms with Gasteiger partial charge in [0.15, 0.2) is 0 Å². The second-order valence-corrected chi connectivity index (χ2v) is 11.2. The first-order chi connectivity index (χ1) is 20.6. The molecule has 4 rings (SSSR count). The highest BCUT2D eigenvalue weighted by Crippen LogP contribution is 2.31. The molecular formula is C33H39N5O5. The Kier molecular flexibility index (Phi) is 10.5. The number of ether oxygens (including phenoxy) is 1. The SMILES string of the molecule is CC(C)C[C@@H](C=O)NC(=O)[C@H](CC1=CN(C(=O)[C@H](C)N)CN1c1ccc2ccccc2c1)NC(=O)OCc1ccccc1. The van der Waals surface area contributed by atoms with Gasteiger partial charge >= 0.3 is 6.09 Å². The third-order valence-electron chi connectivity index (χ3n) is 7.11. The van der Waals surface area contributed by atoms with E-state index >= 15 is 0 Å². The Morgan fingerprint density at radius 3 is 2.33 bits per heavy atom. The van der Waals surface area contributed by atoms with Gasteiger partial charge < -0.3 is 30.8 Å². The Balaban J connectivity index is 1.61. The van der Waals surface area contributed by atoms with E-state index in [1.807, 2.05) is 91.5 Å². The van der Waals surface area contributed by atoms with Gasteiger partial charge in [0, 0.05) is 24.0 Å². The van der Waals surface area contributed by atoms with Gasteiger partial charge in [-0.3, -0.25) is 14.5 Å². The number of nitrogens with zero attached hydrogens (tertiary/aromatic N) is 2. The molecular weight excluding hydrogens is 546 g/mol. The minimum Gasteiger partial charge on any atom is -0.445 e. The molecule has 1 heterocycles. The van der Waals surface area contributed by atoms with Crippen molar-refractivity contribution in [1.29, 1.82) is 0 Å². The summed E-state index contributed by atoms with van der Waals surface area (Å²) < 4.78 is 5.41. The van der Waals surface area contributed by atoms with Crippen molar-refractivity contribution in [3.05, 3.63) is 90.3 Å². The van der Waals surface area contributed by atoms with Crippen molar-refractivity contribution in [3.63, 3.8) is 0 Å². The van der Waals surface area contributed by atoms with E-state index in [0.717, 1.165) is 22.0 Å². The predicted octanol–water partition coefficient (Wildman–Crippen LogP) is 4.05. The normalized spacial score (nSPS) is 15.0. The van der Waals surface area contributed by atoms with Crippen molar-refractivity contribution in [2.24, 2.45) is 11.7 Å². The highest BCUT2D eigenvalue weighted by atomic mass is 16.5. The summed E-state index contributed by atoms with van der Waals surface area (Å²) in [6.45, 7) is 5.73. The summed E-state index contributed by atoms with van der Waals surface area (Å²) in [5.41, 5.74) is 8.13. The van der Waals surface area contributed by atoms with Gasteiger partial charge in [-0.1, -0.05) is 74.5 Å². The molecule has 10 heteroatoms. The number of nitrogens with two attached hydrogens (primary N) is 1. The molecule has 3 atom stereocenters. The molecule has 1 aliphatic rings. The summed E-state index contributed by atoms with van der Waals surface area (Å²) in [7, 11) is 0. The van der Waals surface area contributed by atoms with E-state index in [1.54, 1.807) is 13.1 Å². The Bertz CT molecular complexity index is 1470. The van der Waals surface area contributed by atoms with Crippen LogP contribution in [0, 0.1) is 5.92 Å². The maximum Gasteiger partial charge on any atom is 0.408 e. The van der Waals surface area contributed by atoms with Gasteiger partial charge in [0.1, 0.15) is 25.6 Å². The maximum atomic E-state index is 13.5. The standard InChI is InChI=1S/C33H39N5O5/c1-22(2)15-27(19-39)35-31(40)30(36-33(42)43-20-24-9-5-4-6-10-24)17-29-18-37(32(41)23(3)34)21-38(29)28-14-13-25-11-7-8-12-26(25)16-28/h4-14,16,18-19,22-23,27,30H,15,17,20-21,34H2,1-3H3,(H,35,40)(H,36,42)/t23-,27-,30-/m0/s1. The summed E-state index contributed by atoms with van der Waals surface area (Å²) >= 11 is 0. The van der Waals surface area contributed by atoms with Crippen molar-refractivity contribution in [3.8, 4) is 0 Å². The number of benzene rings is 3. The van der Waals surface area contributed by atoms with Crippen LogP contribution in [0.5, 0.6) is 0 Å². The average Bonchev–Trinajstić information content (AvgIpc) is 3.42. The maximum absolute atomic E-state index is 13.5. The van der Waals surface area contributed by atoms with Crippen LogP contribution < -0.4 is 21.3 Å². The fourth-order valence-corrected chi connectivity index (χ4v) is 4.95. The van der Waals surface area contributed by atoms with Crippen molar-refractivity contribution in [2.45, 2.75) is 58.3 Å². The summed E-state index contributed by atoms with van der Waals surface area (Å²) in [6, 6.07) is 20.5. The lowest BCUT2D eigenvalue weighted by atomic mass is 10.0. The number of hydrogen-bond acceptors (Lipinski definition) is 7. The number of carbonyl (C=O) groups is 4. The van der Waals surface area contributed by atoms with Gasteiger partial charge in [0.05, 0.1) is 12.1 Å². The first kappa shape index (κ1) is 31.2. The minimum atomic E-state index is -1.10. The van der Waals surface area contributed by atoms with Crippen LogP contribution in [0.25, 0.3) is 10.8 Å². The van der Waals surface area contributed by atoms with Gasteiger partial charge in [-0.25, -0.2) is 4.79 Å². The van der Waals surface area contributed by atoms with E-state index in [1.165, 1.54) is 4.90 Å². The molecule has 43 heavy (non-hydrogen) atoms. The van der Waals surface area contributed by atoms with E-state index in [2.05, 4.69) is 10.6 Å². The van der Waals surface area contributed by atoms with Crippen LogP contribution >= 0.6 is 0 Å². The lowest BCUT2D eigenvalue weighted by Crippen LogP contribution is -2.51. The quantitative estimate of drug-likeness (QED) is 0.273. The molecule has 226 valence electrons. The molecule has 1 aliphatic heterocycles. The fraction of sp³-hybridized carbons (Fsp3) is 0.333. The van der Waals surface area contributed by atoms with Gasteiger partial charge in [0.2, 0.25) is 11.8 Å². The Labute approximate surface area is 251 Å². The molecule has 0 radical (unpaired) electrons. The van der Waals surface area contributed by atoms with Crippen LogP contribution in [-0.2, 0) is 25.7 Å². The monoisotopic (exact) mass is 585 g/mol. The van der Waals surface area contributed by atoms with Crippen molar-refractivity contribution in [2.75, 3.05) is 11.6 Å². The first-order valence-electron chi connectivity index (χ1n) is 14.4. The topological polar surface area (TPSA) is 134 Å². The number of hydrogen-bond donors (Lipinski definition) is 3. The lowest BCUT2D eigenvalue weighted by Gasteiger charge is -2.27. The molecule has 0 bridgehead atoms.